The Hall–Kier alpha value is -1.63. The van der Waals surface area contributed by atoms with Crippen LogP contribution < -0.4 is 5.32 Å². The number of unbranched alkanes of at least 4 members (excludes halogenated alkanes) is 28. The number of carbonyl (C=O) groups excluding carboxylic acids is 2. The Morgan fingerprint density at radius 1 is 0.491 bits per heavy atom. The maximum Gasteiger partial charge on any atom is 0.303 e. The molecule has 1 unspecified atom stereocenters. The van der Waals surface area contributed by atoms with Gasteiger partial charge in [-0.3, -0.25) is 14.4 Å². The maximum atomic E-state index is 13.9. The van der Waals surface area contributed by atoms with Crippen molar-refractivity contribution in [1.82, 2.24) is 10.2 Å². The predicted octanol–water partition coefficient (Wildman–Crippen LogP) is 12.4. The van der Waals surface area contributed by atoms with Crippen molar-refractivity contribution in [3.05, 3.63) is 0 Å². The third kappa shape index (κ3) is 37.1. The summed E-state index contributed by atoms with van der Waals surface area (Å²) in [7, 11) is 6.53. The third-order valence-corrected chi connectivity index (χ3v) is 10.9. The van der Waals surface area contributed by atoms with E-state index in [2.05, 4.69) is 40.3 Å². The van der Waals surface area contributed by atoms with Crippen LogP contribution in [0.2, 0.25) is 0 Å². The smallest absolute Gasteiger partial charge is 0.303 e. The van der Waals surface area contributed by atoms with Gasteiger partial charge in [-0.05, 0) is 38.5 Å². The molecular weight excluding hydrogens is 659 g/mol. The molecule has 0 radical (unpaired) electrons. The summed E-state index contributed by atoms with van der Waals surface area (Å²) in [6, 6.07) is -0.761. The molecule has 53 heavy (non-hydrogen) atoms. The monoisotopic (exact) mass is 751 g/mol. The van der Waals surface area contributed by atoms with Gasteiger partial charge in [0.15, 0.2) is 0 Å². The molecule has 0 heterocycles. The molecule has 314 valence electrons. The van der Waals surface area contributed by atoms with E-state index in [4.69, 9.17) is 0 Å². The second-order valence-electron chi connectivity index (χ2n) is 17.4. The van der Waals surface area contributed by atoms with Crippen molar-refractivity contribution in [3.8, 4) is 0 Å². The van der Waals surface area contributed by atoms with Gasteiger partial charge in [-0.2, -0.15) is 0 Å². The third-order valence-electron chi connectivity index (χ3n) is 10.9. The molecule has 0 aromatic rings. The average molecular weight is 751 g/mol. The van der Waals surface area contributed by atoms with Crippen LogP contribution in [0.5, 0.6) is 0 Å². The van der Waals surface area contributed by atoms with E-state index in [1.54, 1.807) is 0 Å². The maximum absolute atomic E-state index is 13.9. The Morgan fingerprint density at radius 3 is 1.17 bits per heavy atom. The lowest BCUT2D eigenvalue weighted by Crippen LogP contribution is -2.49. The summed E-state index contributed by atoms with van der Waals surface area (Å²) in [6.45, 7) is 7.00. The van der Waals surface area contributed by atoms with E-state index in [0.29, 0.717) is 19.5 Å². The molecule has 0 aliphatic rings. The highest BCUT2D eigenvalue weighted by atomic mass is 16.4. The molecule has 0 fully saturated rings. The van der Waals surface area contributed by atoms with Crippen molar-refractivity contribution in [2.45, 2.75) is 238 Å². The fourth-order valence-corrected chi connectivity index (χ4v) is 7.39. The molecule has 2 amide bonds. The van der Waals surface area contributed by atoms with Gasteiger partial charge < -0.3 is 19.8 Å². The van der Waals surface area contributed by atoms with Crippen molar-refractivity contribution in [3.63, 3.8) is 0 Å². The van der Waals surface area contributed by atoms with Gasteiger partial charge in [0.25, 0.3) is 0 Å². The molecule has 0 aromatic heterocycles. The molecule has 0 aliphatic carbocycles. The van der Waals surface area contributed by atoms with Crippen LogP contribution in [0.15, 0.2) is 0 Å². The van der Waals surface area contributed by atoms with Gasteiger partial charge in [0.2, 0.25) is 11.8 Å². The van der Waals surface area contributed by atoms with Crippen LogP contribution in [-0.2, 0) is 14.4 Å². The van der Waals surface area contributed by atoms with Gasteiger partial charge in [-0.25, -0.2) is 0 Å². The summed E-state index contributed by atoms with van der Waals surface area (Å²) in [5, 5.41) is 12.4. The van der Waals surface area contributed by atoms with E-state index in [-0.39, 0.29) is 24.7 Å². The van der Waals surface area contributed by atoms with Crippen LogP contribution in [0.1, 0.15) is 232 Å². The van der Waals surface area contributed by atoms with Crippen LogP contribution in [0.3, 0.4) is 0 Å². The Bertz CT molecular complexity index is 811. The van der Waals surface area contributed by atoms with Crippen LogP contribution in [-0.4, -0.2) is 79.1 Å². The fourth-order valence-electron chi connectivity index (χ4n) is 7.39. The Balaban J connectivity index is 4.78. The lowest BCUT2D eigenvalue weighted by atomic mass is 10.0. The zero-order chi connectivity index (χ0) is 39.3. The van der Waals surface area contributed by atoms with Gasteiger partial charge in [0.1, 0.15) is 6.04 Å². The molecule has 0 bridgehead atoms. The minimum atomic E-state index is -0.928. The quantitative estimate of drug-likeness (QED) is 0.0481. The first kappa shape index (κ1) is 51.4. The van der Waals surface area contributed by atoms with Gasteiger partial charge in [0.05, 0.1) is 27.7 Å². The summed E-state index contributed by atoms with van der Waals surface area (Å²) in [6.07, 6.45) is 39.6. The number of quaternary nitrogens is 1. The van der Waals surface area contributed by atoms with E-state index in [0.717, 1.165) is 56.0 Å². The molecule has 7 heteroatoms. The van der Waals surface area contributed by atoms with Crippen molar-refractivity contribution in [2.24, 2.45) is 0 Å². The summed E-state index contributed by atoms with van der Waals surface area (Å²) in [4.78, 5) is 40.3. The number of carboxylic acid groups (broad SMARTS) is 1. The van der Waals surface area contributed by atoms with E-state index in [1.165, 1.54) is 154 Å². The number of aliphatic carboxylic acids is 1. The summed E-state index contributed by atoms with van der Waals surface area (Å²) < 4.78 is 0.909. The van der Waals surface area contributed by atoms with E-state index in [9.17, 15) is 19.5 Å². The second kappa shape index (κ2) is 37.3. The topological polar surface area (TPSA) is 86.7 Å². The highest BCUT2D eigenvalue weighted by Gasteiger charge is 2.26. The Kier molecular flexibility index (Phi) is 36.2. The average Bonchev–Trinajstić information content (AvgIpc) is 3.11. The highest BCUT2D eigenvalue weighted by molar-refractivity contribution is 5.88. The largest absolute Gasteiger partial charge is 0.481 e. The number of amides is 2. The Labute approximate surface area is 330 Å². The molecule has 0 saturated heterocycles. The molecular formula is C46H92N3O4+. The number of carbonyl (C=O) groups is 3. The van der Waals surface area contributed by atoms with Crippen LogP contribution in [0.25, 0.3) is 0 Å². The SMILES string of the molecule is CCCCCCCCCCCCCCCCN(CCCCCCCCCCCCCCCC)C(=O)C(CCC(=O)O)NC(=O)CCCCC[N+](C)(C)C. The Morgan fingerprint density at radius 2 is 0.830 bits per heavy atom. The lowest BCUT2D eigenvalue weighted by molar-refractivity contribution is -0.870. The minimum absolute atomic E-state index is 0.0889. The van der Waals surface area contributed by atoms with Crippen molar-refractivity contribution in [1.29, 1.82) is 0 Å². The predicted molar refractivity (Wildman–Crippen MR) is 227 cm³/mol. The number of carboxylic acids is 1. The van der Waals surface area contributed by atoms with Gasteiger partial charge in [0, 0.05) is 25.9 Å². The lowest BCUT2D eigenvalue weighted by Gasteiger charge is -2.28. The highest BCUT2D eigenvalue weighted by Crippen LogP contribution is 2.16. The first-order chi connectivity index (χ1) is 25.6. The summed E-state index contributed by atoms with van der Waals surface area (Å²) in [5.41, 5.74) is 0. The van der Waals surface area contributed by atoms with Gasteiger partial charge >= 0.3 is 5.97 Å². The number of hydrogen-bond acceptors (Lipinski definition) is 3. The number of rotatable bonds is 41. The van der Waals surface area contributed by atoms with E-state index < -0.39 is 12.0 Å². The van der Waals surface area contributed by atoms with Crippen LogP contribution in [0, 0.1) is 0 Å². The van der Waals surface area contributed by atoms with E-state index in [1.807, 2.05) is 4.90 Å². The van der Waals surface area contributed by atoms with E-state index >= 15 is 0 Å². The van der Waals surface area contributed by atoms with Gasteiger partial charge in [-0.15, -0.1) is 0 Å². The normalized spacial score (nSPS) is 12.2. The number of nitrogens with one attached hydrogen (secondary N) is 1. The van der Waals surface area contributed by atoms with Crippen molar-refractivity contribution in [2.75, 3.05) is 40.8 Å². The molecule has 0 saturated carbocycles. The molecule has 0 spiro atoms. The van der Waals surface area contributed by atoms with Crippen molar-refractivity contribution < 1.29 is 24.0 Å². The number of nitrogens with zero attached hydrogens (tertiary/aromatic N) is 2. The summed E-state index contributed by atoms with van der Waals surface area (Å²) in [5.74, 6) is -1.15. The minimum Gasteiger partial charge on any atom is -0.481 e. The van der Waals surface area contributed by atoms with Crippen LogP contribution >= 0.6 is 0 Å². The zero-order valence-electron chi connectivity index (χ0n) is 36.3. The molecule has 7 nitrogen and oxygen atoms in total. The molecule has 0 aromatic carbocycles. The zero-order valence-corrected chi connectivity index (χ0v) is 36.3. The molecule has 0 rings (SSSR count). The van der Waals surface area contributed by atoms with Gasteiger partial charge in [-0.1, -0.05) is 181 Å². The fraction of sp³-hybridized carbons (Fsp3) is 0.935. The molecule has 0 aliphatic heterocycles. The van der Waals surface area contributed by atoms with Crippen molar-refractivity contribution >= 4 is 17.8 Å². The first-order valence-electron chi connectivity index (χ1n) is 23.2. The van der Waals surface area contributed by atoms with Crippen LogP contribution in [0.4, 0.5) is 0 Å². The number of hydrogen-bond donors (Lipinski definition) is 2. The first-order valence-corrected chi connectivity index (χ1v) is 23.2. The molecule has 1 atom stereocenters. The summed E-state index contributed by atoms with van der Waals surface area (Å²) >= 11 is 0. The standard InChI is InChI=1S/C46H91N3O4/c1-6-8-10-12-14-16-18-20-22-24-26-28-30-34-40-48(41-35-31-29-27-25-23-21-19-17-15-13-11-9-7-2)46(53)43(38-39-45(51)52)47-44(50)37-33-32-36-42-49(3,4)5/h43H,6-42H2,1-5H3,(H-,47,50,51,52)/p+1. The second-order valence-corrected chi connectivity index (χ2v) is 17.4. The molecule has 2 N–H and O–H groups in total.